The third-order valence-electron chi connectivity index (χ3n) is 12.8. The van der Waals surface area contributed by atoms with E-state index in [0.29, 0.717) is 42.6 Å². The Labute approximate surface area is 391 Å². The highest BCUT2D eigenvalue weighted by atomic mass is 16.6. The van der Waals surface area contributed by atoms with Crippen LogP contribution in [0.2, 0.25) is 0 Å². The van der Waals surface area contributed by atoms with Gasteiger partial charge in [-0.3, -0.25) is 29.4 Å². The van der Waals surface area contributed by atoms with E-state index in [0.717, 1.165) is 0 Å². The summed E-state index contributed by atoms with van der Waals surface area (Å²) in [6.45, 7) is 15.1. The number of hydrogen-bond donors (Lipinski definition) is 4. The summed E-state index contributed by atoms with van der Waals surface area (Å²) < 4.78 is 22.1. The molecule has 0 aliphatic carbocycles. The molecule has 17 nitrogen and oxygen atoms in total. The summed E-state index contributed by atoms with van der Waals surface area (Å²) in [5.41, 5.74) is 1.84. The number of benzene rings is 2. The Morgan fingerprint density at radius 2 is 1.45 bits per heavy atom. The number of carbonyl (C=O) groups excluding carboxylic acids is 6. The molecule has 0 radical (unpaired) electrons. The number of nitrogens with one attached hydrogen (secondary N) is 3. The lowest BCUT2D eigenvalue weighted by molar-refractivity contribution is -0.148. The van der Waals surface area contributed by atoms with Gasteiger partial charge in [0.1, 0.15) is 18.7 Å². The van der Waals surface area contributed by atoms with Gasteiger partial charge in [-0.25, -0.2) is 9.59 Å². The predicted octanol–water partition coefficient (Wildman–Crippen LogP) is 5.76. The van der Waals surface area contributed by atoms with Crippen molar-refractivity contribution in [3.05, 3.63) is 65.7 Å². The highest BCUT2D eigenvalue weighted by Gasteiger charge is 2.43. The highest BCUT2D eigenvalue weighted by Crippen LogP contribution is 2.30. The molecule has 1 saturated heterocycles. The molecule has 1 aliphatic rings. The van der Waals surface area contributed by atoms with Crippen LogP contribution < -0.4 is 16.0 Å². The highest BCUT2D eigenvalue weighted by molar-refractivity contribution is 5.92. The van der Waals surface area contributed by atoms with E-state index < -0.39 is 72.5 Å². The molecule has 368 valence electrons. The smallest absolute Gasteiger partial charge is 0.411 e. The van der Waals surface area contributed by atoms with E-state index >= 15 is 0 Å². The second-order valence-corrected chi connectivity index (χ2v) is 18.1. The van der Waals surface area contributed by atoms with Crippen molar-refractivity contribution in [3.63, 3.8) is 0 Å². The van der Waals surface area contributed by atoms with Crippen molar-refractivity contribution in [1.82, 2.24) is 25.3 Å². The third kappa shape index (κ3) is 14.6. The number of hydrogen-bond acceptors (Lipinski definition) is 11. The van der Waals surface area contributed by atoms with Gasteiger partial charge in [0.2, 0.25) is 23.6 Å². The normalized spacial score (nSPS) is 17.9. The third-order valence-corrected chi connectivity index (χ3v) is 12.8. The molecule has 0 unspecified atom stereocenters. The maximum atomic E-state index is 14.6. The van der Waals surface area contributed by atoms with Crippen LogP contribution in [0.4, 0.5) is 15.3 Å². The first-order valence-electron chi connectivity index (χ1n) is 23.0. The molecule has 6 amide bonds. The molecule has 1 fully saturated rings. The van der Waals surface area contributed by atoms with E-state index in [1.807, 2.05) is 45.9 Å². The van der Waals surface area contributed by atoms with Gasteiger partial charge in [-0.1, -0.05) is 97.4 Å². The number of nitrogens with zero attached hydrogens (tertiary/aromatic N) is 3. The second kappa shape index (κ2) is 26.2. The number of methoxy groups -OCH3 is 3. The van der Waals surface area contributed by atoms with Crippen molar-refractivity contribution < 1.29 is 52.8 Å². The lowest BCUT2D eigenvalue weighted by Gasteiger charge is -2.41. The fraction of sp³-hybridized carbons (Fsp3) is 0.633. The summed E-state index contributed by atoms with van der Waals surface area (Å²) in [7, 11) is 7.44. The fourth-order valence-corrected chi connectivity index (χ4v) is 8.79. The zero-order valence-electron chi connectivity index (χ0n) is 41.2. The lowest BCUT2D eigenvalue weighted by atomic mass is 9.89. The molecule has 17 heteroatoms. The number of amides is 6. The minimum Gasteiger partial charge on any atom is -0.453 e. The van der Waals surface area contributed by atoms with Crippen molar-refractivity contribution in [3.8, 4) is 0 Å². The van der Waals surface area contributed by atoms with Crippen molar-refractivity contribution in [2.24, 2.45) is 23.7 Å². The maximum absolute atomic E-state index is 14.6. The topological polar surface area (TPSA) is 205 Å². The van der Waals surface area contributed by atoms with Crippen LogP contribution in [0.25, 0.3) is 0 Å². The number of likely N-dealkylation sites (tertiary alicyclic amines) is 1. The van der Waals surface area contributed by atoms with Crippen molar-refractivity contribution in [2.75, 3.05) is 47.3 Å². The Balaban J connectivity index is 1.74. The molecule has 0 bridgehead atoms. The van der Waals surface area contributed by atoms with E-state index in [-0.39, 0.29) is 48.5 Å². The van der Waals surface area contributed by atoms with Gasteiger partial charge in [-0.2, -0.15) is 0 Å². The Morgan fingerprint density at radius 3 is 2.00 bits per heavy atom. The molecule has 0 aromatic heterocycles. The van der Waals surface area contributed by atoms with Crippen LogP contribution in [0, 0.1) is 23.7 Å². The number of anilines is 1. The molecular weight excluding hydrogens is 849 g/mol. The van der Waals surface area contributed by atoms with Gasteiger partial charge >= 0.3 is 12.2 Å². The molecule has 3 rings (SSSR count). The molecule has 1 aliphatic heterocycles. The van der Waals surface area contributed by atoms with Gasteiger partial charge in [0.15, 0.2) is 0 Å². The Kier molecular flexibility index (Phi) is 21.8. The molecule has 10 atom stereocenters. The largest absolute Gasteiger partial charge is 0.453 e. The SMILES string of the molecule is CC[C@H](C)[C@@H]([C@@H](CC(=O)N1CCC[C@H]1[C@H](OC)[C@@H](C)C(=O)N[C@H](C)[C@@H](O)c1ccccc1)OC)N(C)C(=O)[C@@H](NC(=O)[C@H](C(C)C)N(C)C(=O)OCc1ccc(NC(=O)OC)cc1)C(C)C. The summed E-state index contributed by atoms with van der Waals surface area (Å²) in [5.74, 6) is -2.89. The monoisotopic (exact) mass is 925 g/mol. The van der Waals surface area contributed by atoms with E-state index in [4.69, 9.17) is 14.2 Å². The number of rotatable bonds is 23. The van der Waals surface area contributed by atoms with E-state index in [1.54, 1.807) is 80.9 Å². The predicted molar refractivity (Wildman–Crippen MR) is 251 cm³/mol. The zero-order valence-corrected chi connectivity index (χ0v) is 41.2. The number of aliphatic hydroxyl groups excluding tert-OH is 1. The van der Waals surface area contributed by atoms with Crippen molar-refractivity contribution in [2.45, 2.75) is 136 Å². The van der Waals surface area contributed by atoms with Gasteiger partial charge in [0.25, 0.3) is 0 Å². The molecule has 0 spiro atoms. The molecule has 1 heterocycles. The maximum Gasteiger partial charge on any atom is 0.411 e. The average molecular weight is 925 g/mol. The van der Waals surface area contributed by atoms with Crippen LogP contribution in [0.1, 0.15) is 98.3 Å². The molecule has 4 N–H and O–H groups in total. The van der Waals surface area contributed by atoms with Crippen LogP contribution in [0.5, 0.6) is 0 Å². The van der Waals surface area contributed by atoms with Crippen LogP contribution in [-0.2, 0) is 44.7 Å². The summed E-state index contributed by atoms with van der Waals surface area (Å²) in [6, 6.07) is 12.2. The Morgan fingerprint density at radius 1 is 0.818 bits per heavy atom. The standard InChI is InChI=1S/C49H76N6O11/c1-14-31(6)42(38(63-11)27-39(56)55-26-18-21-37(55)44(64-12)32(7)45(58)50-33(8)43(57)35-19-16-15-17-20-35)53(9)47(60)40(29(2)3)52-46(59)41(30(4)5)54(10)49(62)66-28-34-22-24-36(25-23-34)51-48(61)65-13/h15-17,19-20,22-25,29-33,37-38,40-44,57H,14,18,21,26-28H2,1-13H3,(H,50,58)(H,51,61)(H,52,59)/t31-,32+,33+,37-,38+,40-,41-,42-,43+,44+/m0/s1. The van der Waals surface area contributed by atoms with Gasteiger partial charge in [-0.05, 0) is 60.8 Å². The number of likely N-dealkylation sites (N-methyl/N-ethyl adjacent to an activating group) is 2. The molecule has 66 heavy (non-hydrogen) atoms. The first-order chi connectivity index (χ1) is 31.2. The first kappa shape index (κ1) is 55.1. The quantitative estimate of drug-likeness (QED) is 0.106. The number of carbonyl (C=O) groups is 6. The van der Waals surface area contributed by atoms with E-state index in [9.17, 15) is 33.9 Å². The van der Waals surface area contributed by atoms with Crippen LogP contribution in [-0.4, -0.2) is 140 Å². The Hall–Kier alpha value is -5.26. The van der Waals surface area contributed by atoms with Gasteiger partial charge < -0.3 is 44.5 Å². The summed E-state index contributed by atoms with van der Waals surface area (Å²) in [5, 5.41) is 19.3. The first-order valence-corrected chi connectivity index (χ1v) is 23.0. The van der Waals surface area contributed by atoms with Gasteiger partial charge in [-0.15, -0.1) is 0 Å². The molecule has 2 aromatic rings. The lowest BCUT2D eigenvalue weighted by Crippen LogP contribution is -2.60. The fourth-order valence-electron chi connectivity index (χ4n) is 8.79. The number of ether oxygens (including phenoxy) is 4. The number of aliphatic hydroxyl groups is 1. The Bertz CT molecular complexity index is 1880. The summed E-state index contributed by atoms with van der Waals surface area (Å²) >= 11 is 0. The van der Waals surface area contributed by atoms with Crippen LogP contribution in [0.15, 0.2) is 54.6 Å². The minimum absolute atomic E-state index is 0.0491. The van der Waals surface area contributed by atoms with Crippen LogP contribution in [0.3, 0.4) is 0 Å². The molecule has 0 saturated carbocycles. The van der Waals surface area contributed by atoms with E-state index in [1.165, 1.54) is 33.3 Å². The van der Waals surface area contributed by atoms with Crippen LogP contribution >= 0.6 is 0 Å². The molecular formula is C49H76N6O11. The van der Waals surface area contributed by atoms with Crippen molar-refractivity contribution in [1.29, 1.82) is 0 Å². The average Bonchev–Trinajstić information content (AvgIpc) is 3.79. The van der Waals surface area contributed by atoms with Gasteiger partial charge in [0, 0.05) is 40.5 Å². The minimum atomic E-state index is -0.986. The summed E-state index contributed by atoms with van der Waals surface area (Å²) in [4.78, 5) is 85.9. The summed E-state index contributed by atoms with van der Waals surface area (Å²) in [6.07, 6.45) is -1.67. The zero-order chi connectivity index (χ0) is 49.4. The van der Waals surface area contributed by atoms with Crippen molar-refractivity contribution >= 4 is 41.5 Å². The van der Waals surface area contributed by atoms with E-state index in [2.05, 4.69) is 20.7 Å². The van der Waals surface area contributed by atoms with Gasteiger partial charge in [0.05, 0.1) is 55.9 Å². The molecule has 2 aromatic carbocycles. The second-order valence-electron chi connectivity index (χ2n) is 18.1.